The quantitative estimate of drug-likeness (QED) is 0.635. The van der Waals surface area contributed by atoms with Gasteiger partial charge in [0.2, 0.25) is 0 Å². The lowest BCUT2D eigenvalue weighted by atomic mass is 10.0. The smallest absolute Gasteiger partial charge is 0.271 e. The molecule has 1 fully saturated rings. The van der Waals surface area contributed by atoms with E-state index in [4.69, 9.17) is 0 Å². The predicted octanol–water partition coefficient (Wildman–Crippen LogP) is 3.90. The molecule has 0 heterocycles. The highest BCUT2D eigenvalue weighted by atomic mass is 16.6. The molecule has 0 saturated heterocycles. The number of nitrogens with one attached hydrogen (secondary N) is 1. The van der Waals surface area contributed by atoms with Gasteiger partial charge in [-0.05, 0) is 30.9 Å². The van der Waals surface area contributed by atoms with Gasteiger partial charge in [-0.25, -0.2) is 0 Å². The fourth-order valence-corrected chi connectivity index (χ4v) is 2.69. The van der Waals surface area contributed by atoms with Crippen molar-refractivity contribution in [2.75, 3.05) is 11.9 Å². The van der Waals surface area contributed by atoms with Crippen LogP contribution in [0.1, 0.15) is 37.7 Å². The standard InChI is InChI=1S/C14H20N2O2/c1-11-8-13(10-14(9-11)16(17)18)15-7-6-12-4-2-3-5-12/h8-10,12,15H,2-7H2,1H3. The summed E-state index contributed by atoms with van der Waals surface area (Å²) in [7, 11) is 0. The van der Waals surface area contributed by atoms with E-state index in [0.29, 0.717) is 0 Å². The number of nitro benzene ring substituents is 1. The van der Waals surface area contributed by atoms with Crippen molar-refractivity contribution in [3.8, 4) is 0 Å². The molecule has 1 aromatic rings. The number of benzene rings is 1. The maximum atomic E-state index is 10.8. The molecule has 18 heavy (non-hydrogen) atoms. The number of rotatable bonds is 5. The number of nitro groups is 1. The maximum Gasteiger partial charge on any atom is 0.271 e. The molecule has 2 rings (SSSR count). The van der Waals surface area contributed by atoms with E-state index in [1.54, 1.807) is 12.1 Å². The van der Waals surface area contributed by atoms with Crippen LogP contribution in [0.5, 0.6) is 0 Å². The molecule has 0 aliphatic heterocycles. The second kappa shape index (κ2) is 5.85. The average molecular weight is 248 g/mol. The van der Waals surface area contributed by atoms with Crippen molar-refractivity contribution in [2.24, 2.45) is 5.92 Å². The van der Waals surface area contributed by atoms with Crippen LogP contribution in [0, 0.1) is 23.0 Å². The van der Waals surface area contributed by atoms with Crippen LogP contribution in [-0.2, 0) is 0 Å². The third-order valence-corrected chi connectivity index (χ3v) is 3.63. The van der Waals surface area contributed by atoms with E-state index in [1.165, 1.54) is 32.1 Å². The van der Waals surface area contributed by atoms with Gasteiger partial charge in [0.25, 0.3) is 5.69 Å². The molecular weight excluding hydrogens is 228 g/mol. The molecule has 1 aliphatic rings. The molecule has 0 aromatic heterocycles. The lowest BCUT2D eigenvalue weighted by Crippen LogP contribution is -2.07. The van der Waals surface area contributed by atoms with Crippen molar-refractivity contribution < 1.29 is 4.92 Å². The highest BCUT2D eigenvalue weighted by Gasteiger charge is 2.14. The Kier molecular flexibility index (Phi) is 4.18. The van der Waals surface area contributed by atoms with E-state index in [1.807, 2.05) is 13.0 Å². The van der Waals surface area contributed by atoms with Crippen LogP contribution in [0.4, 0.5) is 11.4 Å². The van der Waals surface area contributed by atoms with Gasteiger partial charge in [0.1, 0.15) is 0 Å². The number of aryl methyl sites for hydroxylation is 1. The minimum Gasteiger partial charge on any atom is -0.385 e. The summed E-state index contributed by atoms with van der Waals surface area (Å²) in [5.41, 5.74) is 1.95. The first kappa shape index (κ1) is 12.9. The summed E-state index contributed by atoms with van der Waals surface area (Å²) in [6, 6.07) is 5.17. The SMILES string of the molecule is Cc1cc(NCCC2CCCC2)cc([N+](=O)[O-])c1. The Morgan fingerprint density at radius 3 is 2.72 bits per heavy atom. The summed E-state index contributed by atoms with van der Waals surface area (Å²) in [5.74, 6) is 0.845. The molecule has 0 bridgehead atoms. The largest absolute Gasteiger partial charge is 0.385 e. The first-order valence-electron chi connectivity index (χ1n) is 6.65. The molecular formula is C14H20N2O2. The van der Waals surface area contributed by atoms with Crippen molar-refractivity contribution >= 4 is 11.4 Å². The number of hydrogen-bond donors (Lipinski definition) is 1. The summed E-state index contributed by atoms with van der Waals surface area (Å²) in [4.78, 5) is 10.4. The van der Waals surface area contributed by atoms with Crippen molar-refractivity contribution in [3.05, 3.63) is 33.9 Å². The van der Waals surface area contributed by atoms with Crippen LogP contribution in [0.25, 0.3) is 0 Å². The van der Waals surface area contributed by atoms with Crippen molar-refractivity contribution in [2.45, 2.75) is 39.0 Å². The average Bonchev–Trinajstić information content (AvgIpc) is 2.81. The lowest BCUT2D eigenvalue weighted by Gasteiger charge is -2.11. The Bertz CT molecular complexity index is 426. The third kappa shape index (κ3) is 3.45. The van der Waals surface area contributed by atoms with Gasteiger partial charge >= 0.3 is 0 Å². The van der Waals surface area contributed by atoms with Crippen LogP contribution in [0.3, 0.4) is 0 Å². The summed E-state index contributed by atoms with van der Waals surface area (Å²) in [5, 5.41) is 14.1. The minimum atomic E-state index is -0.338. The highest BCUT2D eigenvalue weighted by molar-refractivity contribution is 5.53. The monoisotopic (exact) mass is 248 g/mol. The van der Waals surface area contributed by atoms with Crippen LogP contribution in [0.2, 0.25) is 0 Å². The topological polar surface area (TPSA) is 55.2 Å². The minimum absolute atomic E-state index is 0.165. The van der Waals surface area contributed by atoms with Gasteiger partial charge in [-0.1, -0.05) is 25.7 Å². The highest BCUT2D eigenvalue weighted by Crippen LogP contribution is 2.27. The Labute approximate surface area is 108 Å². The number of nitrogens with zero attached hydrogens (tertiary/aromatic N) is 1. The van der Waals surface area contributed by atoms with E-state index in [2.05, 4.69) is 5.32 Å². The summed E-state index contributed by atoms with van der Waals surface area (Å²) in [6.45, 7) is 2.79. The van der Waals surface area contributed by atoms with Gasteiger partial charge in [0, 0.05) is 24.4 Å². The molecule has 4 nitrogen and oxygen atoms in total. The summed E-state index contributed by atoms with van der Waals surface area (Å²) in [6.07, 6.45) is 6.58. The van der Waals surface area contributed by atoms with Gasteiger partial charge in [-0.3, -0.25) is 10.1 Å². The van der Waals surface area contributed by atoms with Crippen LogP contribution in [-0.4, -0.2) is 11.5 Å². The third-order valence-electron chi connectivity index (χ3n) is 3.63. The van der Waals surface area contributed by atoms with Gasteiger partial charge in [-0.15, -0.1) is 0 Å². The zero-order chi connectivity index (χ0) is 13.0. The molecule has 1 saturated carbocycles. The molecule has 0 unspecified atom stereocenters. The first-order valence-corrected chi connectivity index (χ1v) is 6.65. The fourth-order valence-electron chi connectivity index (χ4n) is 2.69. The molecule has 0 amide bonds. The lowest BCUT2D eigenvalue weighted by molar-refractivity contribution is -0.384. The van der Waals surface area contributed by atoms with Crippen molar-refractivity contribution in [3.63, 3.8) is 0 Å². The van der Waals surface area contributed by atoms with Crippen LogP contribution < -0.4 is 5.32 Å². The van der Waals surface area contributed by atoms with Crippen LogP contribution in [0.15, 0.2) is 18.2 Å². The second-order valence-corrected chi connectivity index (χ2v) is 5.18. The van der Waals surface area contributed by atoms with Crippen LogP contribution >= 0.6 is 0 Å². The van der Waals surface area contributed by atoms with E-state index in [-0.39, 0.29) is 10.6 Å². The molecule has 1 N–H and O–H groups in total. The second-order valence-electron chi connectivity index (χ2n) is 5.18. The summed E-state index contributed by atoms with van der Waals surface area (Å²) < 4.78 is 0. The van der Waals surface area contributed by atoms with E-state index >= 15 is 0 Å². The first-order chi connectivity index (χ1) is 8.65. The van der Waals surface area contributed by atoms with Gasteiger partial charge in [0.15, 0.2) is 0 Å². The molecule has 1 aliphatic carbocycles. The van der Waals surface area contributed by atoms with Gasteiger partial charge < -0.3 is 5.32 Å². The fraction of sp³-hybridized carbons (Fsp3) is 0.571. The molecule has 0 radical (unpaired) electrons. The van der Waals surface area contributed by atoms with E-state index in [9.17, 15) is 10.1 Å². The normalized spacial score (nSPS) is 15.8. The van der Waals surface area contributed by atoms with Gasteiger partial charge in [-0.2, -0.15) is 0 Å². The molecule has 0 spiro atoms. The Balaban J connectivity index is 1.89. The summed E-state index contributed by atoms with van der Waals surface area (Å²) >= 11 is 0. The Morgan fingerprint density at radius 2 is 2.06 bits per heavy atom. The van der Waals surface area contributed by atoms with Crippen molar-refractivity contribution in [1.29, 1.82) is 0 Å². The number of non-ortho nitro benzene ring substituents is 1. The predicted molar refractivity (Wildman–Crippen MR) is 72.9 cm³/mol. The zero-order valence-electron chi connectivity index (χ0n) is 10.8. The van der Waals surface area contributed by atoms with Gasteiger partial charge in [0.05, 0.1) is 4.92 Å². The number of hydrogen-bond acceptors (Lipinski definition) is 3. The molecule has 4 heteroatoms. The Hall–Kier alpha value is -1.58. The van der Waals surface area contributed by atoms with E-state index < -0.39 is 0 Å². The zero-order valence-corrected chi connectivity index (χ0v) is 10.8. The number of anilines is 1. The van der Waals surface area contributed by atoms with E-state index in [0.717, 1.165) is 23.7 Å². The molecule has 98 valence electrons. The molecule has 0 atom stereocenters. The maximum absolute atomic E-state index is 10.8. The Morgan fingerprint density at radius 1 is 1.33 bits per heavy atom. The van der Waals surface area contributed by atoms with Crippen molar-refractivity contribution in [1.82, 2.24) is 0 Å². The molecule has 1 aromatic carbocycles.